The van der Waals surface area contributed by atoms with Crippen LogP contribution >= 0.6 is 0 Å². The number of aromatic nitrogens is 3. The molecule has 4 heteroatoms. The molecule has 4 nitrogen and oxygen atoms in total. The molecule has 0 radical (unpaired) electrons. The van der Waals surface area contributed by atoms with Crippen molar-refractivity contribution in [2.24, 2.45) is 0 Å². The molecular weight excluding hydrogens is 154 g/mol. The van der Waals surface area contributed by atoms with Gasteiger partial charge < -0.3 is 0 Å². The van der Waals surface area contributed by atoms with E-state index >= 15 is 0 Å². The Morgan fingerprint density at radius 3 is 2.17 bits per heavy atom. The van der Waals surface area contributed by atoms with Gasteiger partial charge in [-0.15, -0.1) is 0 Å². The van der Waals surface area contributed by atoms with Crippen LogP contribution in [0.15, 0.2) is 4.79 Å². The molecule has 0 aliphatic rings. The van der Waals surface area contributed by atoms with Crippen LogP contribution in [0.4, 0.5) is 0 Å². The third-order valence-corrected chi connectivity index (χ3v) is 1.78. The first kappa shape index (κ1) is 9.03. The molecule has 1 rings (SSSR count). The predicted molar refractivity (Wildman–Crippen MR) is 47.3 cm³/mol. The highest BCUT2D eigenvalue weighted by Gasteiger charge is 2.12. The molecule has 0 aliphatic carbocycles. The van der Waals surface area contributed by atoms with E-state index in [2.05, 4.69) is 10.3 Å². The molecule has 0 saturated heterocycles. The minimum absolute atomic E-state index is 0.000000000000000222. The van der Waals surface area contributed by atoms with Gasteiger partial charge >= 0.3 is 0 Å². The summed E-state index contributed by atoms with van der Waals surface area (Å²) in [4.78, 5) is 11.5. The normalized spacial score (nSPS) is 11.5. The number of rotatable bonds is 2. The van der Waals surface area contributed by atoms with Gasteiger partial charge in [0.05, 0.1) is 0 Å². The Morgan fingerprint density at radius 2 is 1.92 bits per heavy atom. The zero-order valence-corrected chi connectivity index (χ0v) is 7.96. The lowest BCUT2D eigenvalue weighted by Crippen LogP contribution is -2.21. The number of nitrogens with one attached hydrogen (secondary N) is 1. The van der Waals surface area contributed by atoms with Gasteiger partial charge in [-0.05, 0) is 13.8 Å². The summed E-state index contributed by atoms with van der Waals surface area (Å²) in [6.45, 7) is 7.82. The highest BCUT2D eigenvalue weighted by atomic mass is 16.1. The monoisotopic (exact) mass is 169 g/mol. The Kier molecular flexibility index (Phi) is 2.35. The molecule has 0 atom stereocenters. The lowest BCUT2D eigenvalue weighted by atomic mass is 10.1. The SMILES string of the molecule is CC(C)c1n[nH]n(C(C)C)c1=O. The second kappa shape index (κ2) is 3.13. The van der Waals surface area contributed by atoms with Crippen LogP contribution in [0.1, 0.15) is 45.3 Å². The van der Waals surface area contributed by atoms with E-state index < -0.39 is 0 Å². The first-order valence-corrected chi connectivity index (χ1v) is 4.20. The average molecular weight is 169 g/mol. The van der Waals surface area contributed by atoms with E-state index in [4.69, 9.17) is 0 Å². The van der Waals surface area contributed by atoms with Gasteiger partial charge in [0, 0.05) is 12.0 Å². The van der Waals surface area contributed by atoms with Gasteiger partial charge in [-0.3, -0.25) is 4.79 Å². The van der Waals surface area contributed by atoms with Gasteiger partial charge in [0.25, 0.3) is 5.56 Å². The van der Waals surface area contributed by atoms with Crippen molar-refractivity contribution in [1.82, 2.24) is 15.0 Å². The molecule has 1 heterocycles. The van der Waals surface area contributed by atoms with Gasteiger partial charge in [-0.2, -0.15) is 5.10 Å². The molecule has 0 aromatic carbocycles. The Hall–Kier alpha value is -1.06. The van der Waals surface area contributed by atoms with Crippen molar-refractivity contribution in [2.45, 2.75) is 39.7 Å². The van der Waals surface area contributed by atoms with Crippen molar-refractivity contribution in [3.05, 3.63) is 16.0 Å². The van der Waals surface area contributed by atoms with E-state index in [0.717, 1.165) is 0 Å². The number of nitrogens with zero attached hydrogens (tertiary/aromatic N) is 2. The van der Waals surface area contributed by atoms with Gasteiger partial charge in [-0.1, -0.05) is 13.8 Å². The van der Waals surface area contributed by atoms with E-state index in [-0.39, 0.29) is 17.5 Å². The summed E-state index contributed by atoms with van der Waals surface area (Å²) in [6.07, 6.45) is 0. The fourth-order valence-electron chi connectivity index (χ4n) is 1.05. The van der Waals surface area contributed by atoms with Crippen molar-refractivity contribution in [3.63, 3.8) is 0 Å². The van der Waals surface area contributed by atoms with Crippen molar-refractivity contribution >= 4 is 0 Å². The molecule has 0 saturated carbocycles. The van der Waals surface area contributed by atoms with Crippen LogP contribution in [-0.4, -0.2) is 15.0 Å². The molecule has 0 unspecified atom stereocenters. The van der Waals surface area contributed by atoms with E-state index in [9.17, 15) is 4.79 Å². The van der Waals surface area contributed by atoms with Crippen molar-refractivity contribution in [2.75, 3.05) is 0 Å². The molecule has 0 bridgehead atoms. The minimum Gasteiger partial charge on any atom is -0.266 e. The van der Waals surface area contributed by atoms with Gasteiger partial charge in [-0.25, -0.2) is 9.90 Å². The van der Waals surface area contributed by atoms with Gasteiger partial charge in [0.2, 0.25) is 0 Å². The number of H-pyrrole nitrogens is 1. The van der Waals surface area contributed by atoms with E-state index in [1.54, 1.807) is 0 Å². The van der Waals surface area contributed by atoms with Crippen molar-refractivity contribution in [3.8, 4) is 0 Å². The summed E-state index contributed by atoms with van der Waals surface area (Å²) in [5.74, 6) is 0.189. The summed E-state index contributed by atoms with van der Waals surface area (Å²) in [7, 11) is 0. The summed E-state index contributed by atoms with van der Waals surface area (Å²) in [5, 5.41) is 6.67. The van der Waals surface area contributed by atoms with E-state index in [0.29, 0.717) is 5.69 Å². The van der Waals surface area contributed by atoms with Crippen molar-refractivity contribution < 1.29 is 0 Å². The maximum atomic E-state index is 11.5. The van der Waals surface area contributed by atoms with Crippen LogP contribution in [0.2, 0.25) is 0 Å². The largest absolute Gasteiger partial charge is 0.290 e. The average Bonchev–Trinajstić information content (AvgIpc) is 2.30. The zero-order valence-electron chi connectivity index (χ0n) is 7.96. The molecular formula is C8H15N3O. The van der Waals surface area contributed by atoms with E-state index in [1.807, 2.05) is 27.7 Å². The minimum atomic E-state index is 0.000000000000000222. The lowest BCUT2D eigenvalue weighted by molar-refractivity contribution is 0.500. The first-order chi connectivity index (χ1) is 5.54. The molecule has 12 heavy (non-hydrogen) atoms. The fraction of sp³-hybridized carbons (Fsp3) is 0.750. The molecule has 0 amide bonds. The third-order valence-electron chi connectivity index (χ3n) is 1.78. The van der Waals surface area contributed by atoms with E-state index in [1.165, 1.54) is 4.68 Å². The van der Waals surface area contributed by atoms with Crippen molar-refractivity contribution in [1.29, 1.82) is 0 Å². The second-order valence-electron chi connectivity index (χ2n) is 3.52. The van der Waals surface area contributed by atoms with Crippen LogP contribution in [0, 0.1) is 0 Å². The Labute approximate surface area is 71.6 Å². The number of hydrogen-bond acceptors (Lipinski definition) is 2. The van der Waals surface area contributed by atoms with Crippen LogP contribution in [0.25, 0.3) is 0 Å². The second-order valence-corrected chi connectivity index (χ2v) is 3.52. The Balaban J connectivity index is 3.14. The van der Waals surface area contributed by atoms with Crippen LogP contribution in [0.3, 0.4) is 0 Å². The number of aromatic amines is 1. The maximum absolute atomic E-state index is 11.5. The maximum Gasteiger partial charge on any atom is 0.290 e. The highest BCUT2D eigenvalue weighted by molar-refractivity contribution is 4.99. The van der Waals surface area contributed by atoms with Crippen LogP contribution in [0.5, 0.6) is 0 Å². The van der Waals surface area contributed by atoms with Crippen LogP contribution in [-0.2, 0) is 0 Å². The summed E-state index contributed by atoms with van der Waals surface area (Å²) >= 11 is 0. The summed E-state index contributed by atoms with van der Waals surface area (Å²) < 4.78 is 1.54. The Bertz CT molecular complexity index is 280. The lowest BCUT2D eigenvalue weighted by Gasteiger charge is -2.02. The topological polar surface area (TPSA) is 50.7 Å². The molecule has 0 aliphatic heterocycles. The number of hydrogen-bond donors (Lipinski definition) is 1. The van der Waals surface area contributed by atoms with Gasteiger partial charge in [0.1, 0.15) is 5.69 Å². The molecule has 0 spiro atoms. The fourth-order valence-corrected chi connectivity index (χ4v) is 1.05. The highest BCUT2D eigenvalue weighted by Crippen LogP contribution is 2.06. The molecule has 0 fully saturated rings. The van der Waals surface area contributed by atoms with Crippen LogP contribution < -0.4 is 5.56 Å². The standard InChI is InChI=1S/C8H15N3O/c1-5(2)7-8(12)11(6(3)4)10-9-7/h5-6,10H,1-4H3. The summed E-state index contributed by atoms with van der Waals surface area (Å²) in [6, 6.07) is 0.150. The molecule has 68 valence electrons. The zero-order chi connectivity index (χ0) is 9.30. The summed E-state index contributed by atoms with van der Waals surface area (Å²) in [5.41, 5.74) is 0.615. The molecule has 1 aromatic heterocycles. The third kappa shape index (κ3) is 1.42. The Morgan fingerprint density at radius 1 is 1.33 bits per heavy atom. The first-order valence-electron chi connectivity index (χ1n) is 4.20. The molecule has 1 aromatic rings. The molecule has 1 N–H and O–H groups in total. The quantitative estimate of drug-likeness (QED) is 0.725. The smallest absolute Gasteiger partial charge is 0.266 e. The van der Waals surface area contributed by atoms with Gasteiger partial charge in [0.15, 0.2) is 0 Å². The predicted octanol–water partition coefficient (Wildman–Crippen LogP) is 1.28.